The summed E-state index contributed by atoms with van der Waals surface area (Å²) in [6, 6.07) is 3.40. The van der Waals surface area contributed by atoms with Crippen LogP contribution in [0.2, 0.25) is 0 Å². The van der Waals surface area contributed by atoms with E-state index in [0.717, 1.165) is 18.4 Å². The first-order chi connectivity index (χ1) is 5.62. The van der Waals surface area contributed by atoms with Crippen molar-refractivity contribution in [1.29, 1.82) is 0 Å². The first-order valence-corrected chi connectivity index (χ1v) is 4.08. The molecule has 1 aliphatic carbocycles. The van der Waals surface area contributed by atoms with Crippen molar-refractivity contribution in [3.8, 4) is 0 Å². The highest BCUT2D eigenvalue weighted by Gasteiger charge is 2.40. The molecule has 1 heterocycles. The van der Waals surface area contributed by atoms with E-state index in [9.17, 15) is 4.79 Å². The van der Waals surface area contributed by atoms with Crippen LogP contribution < -0.4 is 11.3 Å². The molecule has 0 atom stereocenters. The van der Waals surface area contributed by atoms with Crippen LogP contribution in [0.15, 0.2) is 23.1 Å². The monoisotopic (exact) mass is 164 g/mol. The second-order valence-corrected chi connectivity index (χ2v) is 3.52. The molecule has 1 aliphatic rings. The summed E-state index contributed by atoms with van der Waals surface area (Å²) in [6.45, 7) is 0. The van der Waals surface area contributed by atoms with Crippen molar-refractivity contribution in [2.24, 2.45) is 12.8 Å². The van der Waals surface area contributed by atoms with Gasteiger partial charge in [-0.3, -0.25) is 4.79 Å². The van der Waals surface area contributed by atoms with Gasteiger partial charge in [-0.1, -0.05) is 6.07 Å². The van der Waals surface area contributed by atoms with Crippen LogP contribution in [0.3, 0.4) is 0 Å². The maximum Gasteiger partial charge on any atom is 0.250 e. The number of nitrogens with zero attached hydrogens (tertiary/aromatic N) is 1. The van der Waals surface area contributed by atoms with E-state index in [2.05, 4.69) is 0 Å². The zero-order valence-electron chi connectivity index (χ0n) is 7.08. The zero-order valence-corrected chi connectivity index (χ0v) is 7.08. The molecule has 2 rings (SSSR count). The standard InChI is InChI=1S/C9H12N2O/c1-11-6-7(2-3-8(11)12)9(10)4-5-9/h2-3,6H,4-5,10H2,1H3. The highest BCUT2D eigenvalue weighted by atomic mass is 16.1. The van der Waals surface area contributed by atoms with E-state index in [4.69, 9.17) is 5.73 Å². The maximum atomic E-state index is 11.0. The Balaban J connectivity index is 2.48. The zero-order chi connectivity index (χ0) is 8.77. The molecule has 0 aromatic carbocycles. The Kier molecular flexibility index (Phi) is 1.38. The van der Waals surface area contributed by atoms with Crippen LogP contribution in [0.5, 0.6) is 0 Å². The molecule has 12 heavy (non-hydrogen) atoms. The Morgan fingerprint density at radius 2 is 2.17 bits per heavy atom. The van der Waals surface area contributed by atoms with E-state index in [0.29, 0.717) is 0 Å². The molecule has 0 aliphatic heterocycles. The van der Waals surface area contributed by atoms with E-state index in [1.165, 1.54) is 0 Å². The molecule has 3 nitrogen and oxygen atoms in total. The van der Waals surface area contributed by atoms with Crippen molar-refractivity contribution in [3.05, 3.63) is 34.2 Å². The molecular formula is C9H12N2O. The Hall–Kier alpha value is -1.09. The molecule has 1 fully saturated rings. The van der Waals surface area contributed by atoms with Crippen LogP contribution >= 0.6 is 0 Å². The molecule has 1 aromatic rings. The van der Waals surface area contributed by atoms with Gasteiger partial charge in [-0.05, 0) is 18.4 Å². The van der Waals surface area contributed by atoms with Gasteiger partial charge in [-0.15, -0.1) is 0 Å². The number of pyridine rings is 1. The summed E-state index contributed by atoms with van der Waals surface area (Å²) in [4.78, 5) is 11.0. The molecule has 1 aromatic heterocycles. The average molecular weight is 164 g/mol. The Bertz CT molecular complexity index is 363. The molecule has 0 radical (unpaired) electrons. The van der Waals surface area contributed by atoms with Gasteiger partial charge in [0.05, 0.1) is 0 Å². The lowest BCUT2D eigenvalue weighted by Crippen LogP contribution is -2.23. The van der Waals surface area contributed by atoms with E-state index in [1.54, 1.807) is 17.7 Å². The van der Waals surface area contributed by atoms with Crippen molar-refractivity contribution in [3.63, 3.8) is 0 Å². The summed E-state index contributed by atoms with van der Waals surface area (Å²) in [6.07, 6.45) is 3.89. The molecule has 0 unspecified atom stereocenters. The van der Waals surface area contributed by atoms with E-state index in [-0.39, 0.29) is 11.1 Å². The molecule has 0 bridgehead atoms. The Morgan fingerprint density at radius 1 is 1.50 bits per heavy atom. The van der Waals surface area contributed by atoms with Gasteiger partial charge in [0, 0.05) is 24.8 Å². The molecule has 0 amide bonds. The summed E-state index contributed by atoms with van der Waals surface area (Å²) >= 11 is 0. The first kappa shape index (κ1) is 7.55. The summed E-state index contributed by atoms with van der Waals surface area (Å²) in [5, 5.41) is 0. The SMILES string of the molecule is Cn1cc(C2(N)CC2)ccc1=O. The van der Waals surface area contributed by atoms with Crippen molar-refractivity contribution < 1.29 is 0 Å². The van der Waals surface area contributed by atoms with E-state index >= 15 is 0 Å². The highest BCUT2D eigenvalue weighted by Crippen LogP contribution is 2.41. The minimum Gasteiger partial charge on any atom is -0.321 e. The van der Waals surface area contributed by atoms with Crippen molar-refractivity contribution >= 4 is 0 Å². The first-order valence-electron chi connectivity index (χ1n) is 4.08. The number of aryl methyl sites for hydroxylation is 1. The molecule has 1 saturated carbocycles. The Labute approximate surface area is 70.8 Å². The largest absolute Gasteiger partial charge is 0.321 e. The third-order valence-corrected chi connectivity index (χ3v) is 2.45. The van der Waals surface area contributed by atoms with Gasteiger partial charge in [-0.2, -0.15) is 0 Å². The van der Waals surface area contributed by atoms with Crippen molar-refractivity contribution in [2.75, 3.05) is 0 Å². The van der Waals surface area contributed by atoms with Gasteiger partial charge in [0.15, 0.2) is 0 Å². The fourth-order valence-corrected chi connectivity index (χ4v) is 1.31. The van der Waals surface area contributed by atoms with Gasteiger partial charge in [0.1, 0.15) is 0 Å². The lowest BCUT2D eigenvalue weighted by molar-refractivity contribution is 0.713. The summed E-state index contributed by atoms with van der Waals surface area (Å²) < 4.78 is 1.57. The smallest absolute Gasteiger partial charge is 0.250 e. The summed E-state index contributed by atoms with van der Waals surface area (Å²) in [7, 11) is 1.75. The average Bonchev–Trinajstić information content (AvgIpc) is 2.75. The van der Waals surface area contributed by atoms with Crippen molar-refractivity contribution in [1.82, 2.24) is 4.57 Å². The predicted molar refractivity (Wildman–Crippen MR) is 46.8 cm³/mol. The minimum atomic E-state index is -0.133. The number of hydrogen-bond acceptors (Lipinski definition) is 2. The van der Waals surface area contributed by atoms with Gasteiger partial charge in [0.2, 0.25) is 5.56 Å². The lowest BCUT2D eigenvalue weighted by Gasteiger charge is -2.09. The Morgan fingerprint density at radius 3 is 2.67 bits per heavy atom. The van der Waals surface area contributed by atoms with Crippen LogP contribution in [0.1, 0.15) is 18.4 Å². The van der Waals surface area contributed by atoms with Gasteiger partial charge < -0.3 is 10.3 Å². The molecule has 2 N–H and O–H groups in total. The molecule has 0 saturated heterocycles. The fourth-order valence-electron chi connectivity index (χ4n) is 1.31. The van der Waals surface area contributed by atoms with Crippen LogP contribution in [-0.2, 0) is 12.6 Å². The third kappa shape index (κ3) is 1.06. The third-order valence-electron chi connectivity index (χ3n) is 2.45. The molecule has 64 valence electrons. The topological polar surface area (TPSA) is 48.0 Å². The van der Waals surface area contributed by atoms with Gasteiger partial charge in [0.25, 0.3) is 0 Å². The highest BCUT2D eigenvalue weighted by molar-refractivity contribution is 5.26. The van der Waals surface area contributed by atoms with Gasteiger partial charge >= 0.3 is 0 Å². The second kappa shape index (κ2) is 2.20. The molecular weight excluding hydrogens is 152 g/mol. The molecule has 3 heteroatoms. The fraction of sp³-hybridized carbons (Fsp3) is 0.444. The van der Waals surface area contributed by atoms with Crippen molar-refractivity contribution in [2.45, 2.75) is 18.4 Å². The predicted octanol–water partition coefficient (Wildman–Crippen LogP) is 0.333. The van der Waals surface area contributed by atoms with E-state index in [1.807, 2.05) is 12.3 Å². The van der Waals surface area contributed by atoms with Gasteiger partial charge in [-0.25, -0.2) is 0 Å². The van der Waals surface area contributed by atoms with Crippen LogP contribution in [-0.4, -0.2) is 4.57 Å². The van der Waals surface area contributed by atoms with Crippen LogP contribution in [0.25, 0.3) is 0 Å². The minimum absolute atomic E-state index is 0.0167. The molecule has 0 spiro atoms. The lowest BCUT2D eigenvalue weighted by atomic mass is 10.1. The van der Waals surface area contributed by atoms with Crippen LogP contribution in [0.4, 0.5) is 0 Å². The van der Waals surface area contributed by atoms with Crippen LogP contribution in [0, 0.1) is 0 Å². The summed E-state index contributed by atoms with van der Waals surface area (Å²) in [5.41, 5.74) is 6.93. The maximum absolute atomic E-state index is 11.0. The number of rotatable bonds is 1. The normalized spacial score (nSPS) is 19.2. The number of aromatic nitrogens is 1. The number of hydrogen-bond donors (Lipinski definition) is 1. The second-order valence-electron chi connectivity index (χ2n) is 3.52. The summed E-state index contributed by atoms with van der Waals surface area (Å²) in [5.74, 6) is 0. The quantitative estimate of drug-likeness (QED) is 0.650. The van der Waals surface area contributed by atoms with E-state index < -0.39 is 0 Å². The number of nitrogens with two attached hydrogens (primary N) is 1.